The minimum Gasteiger partial charge on any atom is -0.443 e. The first-order valence-electron chi connectivity index (χ1n) is 3.13. The van der Waals surface area contributed by atoms with Crippen LogP contribution in [0.3, 0.4) is 0 Å². The van der Waals surface area contributed by atoms with Crippen LogP contribution in [0.25, 0.3) is 0 Å². The topological polar surface area (TPSA) is 40.3 Å². The Labute approximate surface area is 77.9 Å². The molecule has 5 heteroatoms. The van der Waals surface area contributed by atoms with E-state index in [0.717, 1.165) is 0 Å². The molecule has 0 aromatic carbocycles. The van der Waals surface area contributed by atoms with Crippen molar-refractivity contribution >= 4 is 18.8 Å². The van der Waals surface area contributed by atoms with E-state index in [0.29, 0.717) is 0 Å². The van der Waals surface area contributed by atoms with E-state index in [9.17, 15) is 0 Å². The number of rotatable bonds is 0. The van der Waals surface area contributed by atoms with Gasteiger partial charge in [-0.3, -0.25) is 5.01 Å². The van der Waals surface area contributed by atoms with Gasteiger partial charge in [0.2, 0.25) is 0 Å². The molecule has 11 heavy (non-hydrogen) atoms. The Morgan fingerprint density at radius 1 is 1.45 bits per heavy atom. The molecule has 0 bridgehead atoms. The Balaban J connectivity index is 0.000000605. The molecule has 1 radical (unpaired) electrons. The zero-order valence-corrected chi connectivity index (χ0v) is 7.57. The summed E-state index contributed by atoms with van der Waals surface area (Å²) in [5, 5.41) is 5.87. The van der Waals surface area contributed by atoms with Crippen LogP contribution >= 0.6 is 0 Å². The fraction of sp³-hybridized carbons (Fsp3) is 0.500. The van der Waals surface area contributed by atoms with Gasteiger partial charge in [0.05, 0.1) is 0 Å². The quantitative estimate of drug-likeness (QED) is 0.427. The first-order chi connectivity index (χ1) is 4.88. The van der Waals surface area contributed by atoms with E-state index in [1.54, 1.807) is 0 Å². The van der Waals surface area contributed by atoms with Crippen molar-refractivity contribution in [2.45, 2.75) is 6.17 Å². The summed E-state index contributed by atoms with van der Waals surface area (Å²) >= 11 is 0. The van der Waals surface area contributed by atoms with Gasteiger partial charge in [-0.1, -0.05) is 0 Å². The van der Waals surface area contributed by atoms with Crippen LogP contribution in [0.4, 0.5) is 0 Å². The van der Waals surface area contributed by atoms with Crippen molar-refractivity contribution in [1.29, 1.82) is 0 Å². The van der Waals surface area contributed by atoms with Gasteiger partial charge in [-0.05, 0) is 6.34 Å². The second kappa shape index (κ2) is 3.22. The van der Waals surface area contributed by atoms with Crippen molar-refractivity contribution in [2.24, 2.45) is 21.0 Å². The number of hydrazone groups is 1. The molecule has 2 aliphatic heterocycles. The summed E-state index contributed by atoms with van der Waals surface area (Å²) in [5.41, 5.74) is 0. The molecule has 2 unspecified atom stereocenters. The monoisotopic (exact) mass is 238 g/mol. The Bertz CT molecular complexity index is 223. The molecule has 0 saturated carbocycles. The predicted molar refractivity (Wildman–Crippen MR) is 39.5 cm³/mol. The van der Waals surface area contributed by atoms with Crippen LogP contribution in [-0.2, 0) is 19.5 Å². The Hall–Kier alpha value is -0.567. The molecule has 0 saturated heterocycles. The molecule has 0 aromatic heterocycles. The first kappa shape index (κ1) is 8.53. The van der Waals surface area contributed by atoms with Crippen LogP contribution in [-0.4, -0.2) is 37.0 Å². The van der Waals surface area contributed by atoms with E-state index in [1.165, 1.54) is 0 Å². The fourth-order valence-corrected chi connectivity index (χ4v) is 1.07. The fourth-order valence-electron chi connectivity index (χ4n) is 1.07. The zero-order valence-electron chi connectivity index (χ0n) is 5.93. The van der Waals surface area contributed by atoms with E-state index < -0.39 is 0 Å². The minimum absolute atomic E-state index is 0. The number of nitrogens with zero attached hydrogens (tertiary/aromatic N) is 4. The first-order valence-corrected chi connectivity index (χ1v) is 3.13. The summed E-state index contributed by atoms with van der Waals surface area (Å²) in [6, 6.07) is 0. The van der Waals surface area contributed by atoms with Crippen molar-refractivity contribution in [3.8, 4) is 0 Å². The van der Waals surface area contributed by atoms with Gasteiger partial charge in [0, 0.05) is 38.7 Å². The molecule has 0 amide bonds. The number of aliphatic imine (C=N–C) groups is 2. The van der Waals surface area contributed by atoms with Gasteiger partial charge < -0.3 is 9.98 Å². The van der Waals surface area contributed by atoms with Gasteiger partial charge >= 0.3 is 0 Å². The second-order valence-electron chi connectivity index (χ2n) is 2.34. The Morgan fingerprint density at radius 3 is 3.00 bits per heavy atom. The maximum absolute atomic E-state index is 4.06. The number of hydrogen-bond acceptors (Lipinski definition) is 4. The van der Waals surface area contributed by atoms with Crippen molar-refractivity contribution in [1.82, 2.24) is 5.01 Å². The third-order valence-corrected chi connectivity index (χ3v) is 1.64. The molecule has 2 rings (SSSR count). The van der Waals surface area contributed by atoms with Crippen molar-refractivity contribution in [3.05, 3.63) is 0 Å². The average molecular weight is 238 g/mol. The van der Waals surface area contributed by atoms with Crippen LogP contribution in [0.5, 0.6) is 0 Å². The molecule has 0 fully saturated rings. The smallest absolute Gasteiger partial charge is 0.116 e. The molecule has 61 valence electrons. The van der Waals surface area contributed by atoms with Gasteiger partial charge in [0.25, 0.3) is 0 Å². The van der Waals surface area contributed by atoms with Crippen LogP contribution in [0.15, 0.2) is 15.1 Å². The van der Waals surface area contributed by atoms with Gasteiger partial charge in [0.1, 0.15) is 6.17 Å². The summed E-state index contributed by atoms with van der Waals surface area (Å²) in [4.78, 5) is 7.82. The Morgan fingerprint density at radius 2 is 2.27 bits per heavy atom. The maximum Gasteiger partial charge on any atom is 0.116 e. The largest absolute Gasteiger partial charge is 0.443 e. The van der Waals surface area contributed by atoms with E-state index >= 15 is 0 Å². The standard InChI is InChI=1S/C6H7N4.Rh/c1-10-6-5(3-9-10)2-7-4-8-6;/h2-3,5-6H,1H3;/q-1;. The molecular formula is C6H7N4Rh-. The normalized spacial score (nSPS) is 31.9. The summed E-state index contributed by atoms with van der Waals surface area (Å²) < 4.78 is 0. The van der Waals surface area contributed by atoms with E-state index in [4.69, 9.17) is 0 Å². The zero-order chi connectivity index (χ0) is 6.97. The molecule has 2 aliphatic rings. The van der Waals surface area contributed by atoms with Crippen molar-refractivity contribution in [3.63, 3.8) is 0 Å². The van der Waals surface area contributed by atoms with Gasteiger partial charge in [-0.15, -0.1) is 6.21 Å². The van der Waals surface area contributed by atoms with Gasteiger partial charge in [0.15, 0.2) is 0 Å². The number of hydrogen-bond donors (Lipinski definition) is 0. The molecule has 4 nitrogen and oxygen atoms in total. The molecule has 2 heterocycles. The van der Waals surface area contributed by atoms with Crippen LogP contribution in [0.2, 0.25) is 0 Å². The third kappa shape index (κ3) is 1.38. The summed E-state index contributed by atoms with van der Waals surface area (Å²) in [6.07, 6.45) is 6.32. The SMILES string of the molecule is CN1N=CC2C=N[C-]=NC21.[Rh]. The Kier molecular flexibility index (Phi) is 2.50. The minimum atomic E-state index is 0. The second-order valence-corrected chi connectivity index (χ2v) is 2.34. The van der Waals surface area contributed by atoms with Crippen LogP contribution < -0.4 is 0 Å². The van der Waals surface area contributed by atoms with Crippen molar-refractivity contribution in [2.75, 3.05) is 7.05 Å². The van der Waals surface area contributed by atoms with E-state index in [-0.39, 0.29) is 31.6 Å². The molecule has 0 spiro atoms. The molecule has 0 aromatic rings. The van der Waals surface area contributed by atoms with E-state index in [2.05, 4.69) is 21.4 Å². The summed E-state index contributed by atoms with van der Waals surface area (Å²) in [5.74, 6) is 0.256. The van der Waals surface area contributed by atoms with Crippen molar-refractivity contribution < 1.29 is 19.5 Å². The van der Waals surface area contributed by atoms with Gasteiger partial charge in [-0.2, -0.15) is 5.10 Å². The van der Waals surface area contributed by atoms with Gasteiger partial charge in [-0.25, -0.2) is 0 Å². The predicted octanol–water partition coefficient (Wildman–Crippen LogP) is -0.153. The molecule has 2 atom stereocenters. The number of fused-ring (bicyclic) bond motifs is 1. The summed E-state index contributed by atoms with van der Waals surface area (Å²) in [6.45, 7) is 0. The molecular weight excluding hydrogens is 231 g/mol. The third-order valence-electron chi connectivity index (χ3n) is 1.64. The molecule has 0 aliphatic carbocycles. The summed E-state index contributed by atoms with van der Waals surface area (Å²) in [7, 11) is 1.89. The molecule has 0 N–H and O–H groups in total. The average Bonchev–Trinajstić information content (AvgIpc) is 2.34. The van der Waals surface area contributed by atoms with E-state index in [1.807, 2.05) is 24.5 Å². The maximum atomic E-state index is 4.06. The van der Waals surface area contributed by atoms with Crippen LogP contribution in [0, 0.1) is 5.92 Å². The van der Waals surface area contributed by atoms with Crippen LogP contribution in [0.1, 0.15) is 0 Å².